The number of hydrogen-bond donors (Lipinski definition) is 0. The first-order valence-corrected chi connectivity index (χ1v) is 7.93. The molecule has 3 heterocycles. The number of hydrogen-bond acceptors (Lipinski definition) is 3. The van der Waals surface area contributed by atoms with Crippen LogP contribution in [0.4, 0.5) is 0 Å². The molecule has 2 bridgehead atoms. The van der Waals surface area contributed by atoms with Gasteiger partial charge in [-0.3, -0.25) is 9.69 Å². The lowest BCUT2D eigenvalue weighted by molar-refractivity contribution is -0.128. The summed E-state index contributed by atoms with van der Waals surface area (Å²) in [5.74, 6) is 0.490. The highest BCUT2D eigenvalue weighted by atomic mass is 32.1. The van der Waals surface area contributed by atoms with Crippen molar-refractivity contribution in [3.63, 3.8) is 0 Å². The Morgan fingerprint density at radius 1 is 1.39 bits per heavy atom. The Bertz CT molecular complexity index is 398. The van der Waals surface area contributed by atoms with E-state index in [0.29, 0.717) is 23.9 Å². The molecular formula is C15H21NOS. The van der Waals surface area contributed by atoms with Crippen LogP contribution in [0.25, 0.3) is 0 Å². The smallest absolute Gasteiger partial charge is 0.136 e. The van der Waals surface area contributed by atoms with E-state index in [1.807, 2.05) is 11.3 Å². The van der Waals surface area contributed by atoms with Gasteiger partial charge in [0.05, 0.1) is 0 Å². The first kappa shape index (κ1) is 12.4. The van der Waals surface area contributed by atoms with Crippen molar-refractivity contribution in [3.8, 4) is 0 Å². The minimum absolute atomic E-state index is 0.490. The lowest BCUT2D eigenvalue weighted by Gasteiger charge is -2.48. The maximum atomic E-state index is 11.7. The van der Waals surface area contributed by atoms with E-state index < -0.39 is 0 Å². The largest absolute Gasteiger partial charge is 0.300 e. The second-order valence-electron chi connectivity index (χ2n) is 5.77. The van der Waals surface area contributed by atoms with Crippen LogP contribution in [-0.2, 0) is 11.2 Å². The molecule has 18 heavy (non-hydrogen) atoms. The van der Waals surface area contributed by atoms with Crippen LogP contribution >= 0.6 is 11.3 Å². The van der Waals surface area contributed by atoms with E-state index in [0.717, 1.165) is 19.3 Å². The molecule has 0 amide bonds. The predicted molar refractivity (Wildman–Crippen MR) is 75.0 cm³/mol. The minimum Gasteiger partial charge on any atom is -0.300 e. The van der Waals surface area contributed by atoms with Crippen molar-refractivity contribution in [2.75, 3.05) is 0 Å². The van der Waals surface area contributed by atoms with E-state index in [-0.39, 0.29) is 0 Å². The molecule has 2 saturated heterocycles. The summed E-state index contributed by atoms with van der Waals surface area (Å²) in [7, 11) is 0. The molecule has 0 radical (unpaired) electrons. The highest BCUT2D eigenvalue weighted by Crippen LogP contribution is 2.34. The number of nitrogens with zero attached hydrogens (tertiary/aromatic N) is 1. The van der Waals surface area contributed by atoms with Crippen molar-refractivity contribution in [1.29, 1.82) is 0 Å². The van der Waals surface area contributed by atoms with Gasteiger partial charge in [0, 0.05) is 35.8 Å². The third kappa shape index (κ3) is 2.39. The summed E-state index contributed by atoms with van der Waals surface area (Å²) < 4.78 is 0. The van der Waals surface area contributed by atoms with Gasteiger partial charge in [0.25, 0.3) is 0 Å². The number of thiophene rings is 1. The summed E-state index contributed by atoms with van der Waals surface area (Å²) in [6.45, 7) is 2.33. The SMILES string of the molecule is CC(Cc1cccs1)N1C2CCCC1CC(=O)C2. The van der Waals surface area contributed by atoms with Crippen LogP contribution in [0.5, 0.6) is 0 Å². The molecule has 2 nitrogen and oxygen atoms in total. The lowest BCUT2D eigenvalue weighted by atomic mass is 9.82. The number of piperidine rings is 2. The Kier molecular flexibility index (Phi) is 3.53. The molecule has 0 spiro atoms. The van der Waals surface area contributed by atoms with Gasteiger partial charge in [0.15, 0.2) is 0 Å². The minimum atomic E-state index is 0.490. The molecule has 1 aromatic heterocycles. The monoisotopic (exact) mass is 263 g/mol. The van der Waals surface area contributed by atoms with Gasteiger partial charge in [-0.1, -0.05) is 12.5 Å². The van der Waals surface area contributed by atoms with Gasteiger partial charge in [0.2, 0.25) is 0 Å². The van der Waals surface area contributed by atoms with Crippen molar-refractivity contribution in [1.82, 2.24) is 4.90 Å². The number of Topliss-reactive ketones (excluding diaryl/α,β-unsaturated/α-hetero) is 1. The standard InChI is InChI=1S/C15H21NOS/c1-11(8-15-6-3-7-18-15)16-12-4-2-5-13(16)10-14(17)9-12/h3,6-7,11-13H,2,4-5,8-10H2,1H3. The topological polar surface area (TPSA) is 20.3 Å². The molecule has 98 valence electrons. The molecule has 3 heteroatoms. The fourth-order valence-corrected chi connectivity index (χ4v) is 4.58. The Morgan fingerprint density at radius 3 is 2.72 bits per heavy atom. The molecule has 3 atom stereocenters. The average Bonchev–Trinajstić information content (AvgIpc) is 2.80. The predicted octanol–water partition coefficient (Wildman–Crippen LogP) is 3.27. The fourth-order valence-electron chi connectivity index (χ4n) is 3.75. The van der Waals surface area contributed by atoms with E-state index in [2.05, 4.69) is 29.3 Å². The Labute approximate surface area is 113 Å². The van der Waals surface area contributed by atoms with Crippen molar-refractivity contribution in [2.24, 2.45) is 0 Å². The zero-order valence-electron chi connectivity index (χ0n) is 11.0. The van der Waals surface area contributed by atoms with Gasteiger partial charge < -0.3 is 0 Å². The van der Waals surface area contributed by atoms with Crippen molar-refractivity contribution in [3.05, 3.63) is 22.4 Å². The number of ketones is 1. The zero-order chi connectivity index (χ0) is 12.5. The van der Waals surface area contributed by atoms with Crippen molar-refractivity contribution >= 4 is 17.1 Å². The van der Waals surface area contributed by atoms with Crippen molar-refractivity contribution in [2.45, 2.75) is 63.6 Å². The molecule has 1 aromatic rings. The van der Waals surface area contributed by atoms with Gasteiger partial charge in [-0.15, -0.1) is 11.3 Å². The second kappa shape index (κ2) is 5.14. The van der Waals surface area contributed by atoms with E-state index in [1.54, 1.807) is 0 Å². The van der Waals surface area contributed by atoms with E-state index in [9.17, 15) is 4.79 Å². The molecule has 0 aliphatic carbocycles. The Morgan fingerprint density at radius 2 is 2.11 bits per heavy atom. The fraction of sp³-hybridized carbons (Fsp3) is 0.667. The van der Waals surface area contributed by atoms with Gasteiger partial charge in [-0.2, -0.15) is 0 Å². The quantitative estimate of drug-likeness (QED) is 0.834. The summed E-state index contributed by atoms with van der Waals surface area (Å²) >= 11 is 1.85. The maximum absolute atomic E-state index is 11.7. The molecule has 2 aliphatic rings. The van der Waals surface area contributed by atoms with Crippen LogP contribution in [0.1, 0.15) is 43.9 Å². The highest BCUT2D eigenvalue weighted by Gasteiger charge is 2.39. The average molecular weight is 263 g/mol. The lowest BCUT2D eigenvalue weighted by Crippen LogP contribution is -2.56. The molecule has 0 N–H and O–H groups in total. The van der Waals surface area contributed by atoms with Crippen LogP contribution in [0.2, 0.25) is 0 Å². The van der Waals surface area contributed by atoms with Crippen LogP contribution < -0.4 is 0 Å². The summed E-state index contributed by atoms with van der Waals surface area (Å²) in [5, 5.41) is 2.16. The molecule has 3 rings (SSSR count). The molecule has 3 unspecified atom stereocenters. The highest BCUT2D eigenvalue weighted by molar-refractivity contribution is 7.09. The van der Waals surface area contributed by atoms with Gasteiger partial charge in [-0.05, 0) is 37.6 Å². The van der Waals surface area contributed by atoms with Gasteiger partial charge in [-0.25, -0.2) is 0 Å². The molecule has 2 fully saturated rings. The van der Waals surface area contributed by atoms with E-state index in [4.69, 9.17) is 0 Å². The van der Waals surface area contributed by atoms with Crippen LogP contribution in [0.15, 0.2) is 17.5 Å². The number of carbonyl (C=O) groups excluding carboxylic acids is 1. The van der Waals surface area contributed by atoms with E-state index in [1.165, 1.54) is 24.1 Å². The number of carbonyl (C=O) groups is 1. The Hall–Kier alpha value is -0.670. The summed E-state index contributed by atoms with van der Waals surface area (Å²) in [5.41, 5.74) is 0. The first-order chi connectivity index (χ1) is 8.74. The van der Waals surface area contributed by atoms with Crippen LogP contribution in [-0.4, -0.2) is 28.8 Å². The summed E-state index contributed by atoms with van der Waals surface area (Å²) in [6.07, 6.45) is 6.48. The van der Waals surface area contributed by atoms with Crippen molar-refractivity contribution < 1.29 is 4.79 Å². The summed E-state index contributed by atoms with van der Waals surface area (Å²) in [6, 6.07) is 5.99. The number of rotatable bonds is 3. The molecular weight excluding hydrogens is 242 g/mol. The van der Waals surface area contributed by atoms with Crippen LogP contribution in [0.3, 0.4) is 0 Å². The maximum Gasteiger partial charge on any atom is 0.136 e. The van der Waals surface area contributed by atoms with Gasteiger partial charge >= 0.3 is 0 Å². The van der Waals surface area contributed by atoms with E-state index >= 15 is 0 Å². The zero-order valence-corrected chi connectivity index (χ0v) is 11.8. The third-order valence-corrected chi connectivity index (χ3v) is 5.33. The molecule has 0 aromatic carbocycles. The normalized spacial score (nSPS) is 30.4. The molecule has 0 saturated carbocycles. The first-order valence-electron chi connectivity index (χ1n) is 7.05. The summed E-state index contributed by atoms with van der Waals surface area (Å²) in [4.78, 5) is 15.9. The second-order valence-corrected chi connectivity index (χ2v) is 6.80. The number of fused-ring (bicyclic) bond motifs is 2. The molecule has 2 aliphatic heterocycles. The van der Waals surface area contributed by atoms with Gasteiger partial charge in [0.1, 0.15) is 5.78 Å². The Balaban J connectivity index is 1.72. The third-order valence-electron chi connectivity index (χ3n) is 4.43. The van der Waals surface area contributed by atoms with Crippen LogP contribution in [0, 0.1) is 0 Å².